The first-order valence-corrected chi connectivity index (χ1v) is 3.28. The smallest absolute Gasteiger partial charge is 0.293 e. The lowest BCUT2D eigenvalue weighted by Gasteiger charge is -1.79. The Hall–Kier alpha value is -1.32. The maximum absolute atomic E-state index is 9.18. The third-order valence-corrected chi connectivity index (χ3v) is 0.871. The molecule has 0 atom stereocenters. The lowest BCUT2D eigenvalue weighted by atomic mass is 10.9. The second kappa shape index (κ2) is 6.80. The summed E-state index contributed by atoms with van der Waals surface area (Å²) in [6.45, 7) is 2.66. The average molecular weight is 156 g/mol. The van der Waals surface area contributed by atoms with Crippen molar-refractivity contribution in [2.75, 3.05) is 6.61 Å². The summed E-state index contributed by atoms with van der Waals surface area (Å²) >= 11 is 0. The molecule has 1 aromatic heterocycles. The lowest BCUT2D eigenvalue weighted by Crippen LogP contribution is -1.80. The maximum atomic E-state index is 9.18. The lowest BCUT2D eigenvalue weighted by molar-refractivity contribution is -0.128. The number of imidazole rings is 1. The van der Waals surface area contributed by atoms with E-state index >= 15 is 0 Å². The van der Waals surface area contributed by atoms with Crippen molar-refractivity contribution < 1.29 is 9.53 Å². The van der Waals surface area contributed by atoms with E-state index in [1.54, 1.807) is 19.4 Å². The maximum Gasteiger partial charge on any atom is 0.293 e. The quantitative estimate of drug-likeness (QED) is 0.589. The van der Waals surface area contributed by atoms with Crippen molar-refractivity contribution in [1.82, 2.24) is 9.55 Å². The van der Waals surface area contributed by atoms with E-state index in [9.17, 15) is 4.79 Å². The molecule has 0 aliphatic rings. The van der Waals surface area contributed by atoms with Crippen LogP contribution in [0.4, 0.5) is 0 Å². The van der Waals surface area contributed by atoms with Gasteiger partial charge in [-0.05, 0) is 6.92 Å². The number of aromatic nitrogens is 2. The van der Waals surface area contributed by atoms with E-state index in [0.29, 0.717) is 13.1 Å². The number of carbonyl (C=O) groups excluding carboxylic acids is 1. The summed E-state index contributed by atoms with van der Waals surface area (Å²) in [4.78, 5) is 13.0. The zero-order chi connectivity index (χ0) is 8.53. The third-order valence-electron chi connectivity index (χ3n) is 0.871. The first-order chi connectivity index (χ1) is 5.31. The summed E-state index contributed by atoms with van der Waals surface area (Å²) in [5, 5.41) is 0. The molecule has 11 heavy (non-hydrogen) atoms. The molecule has 1 heterocycles. The van der Waals surface area contributed by atoms with Crippen molar-refractivity contribution in [2.24, 2.45) is 7.05 Å². The van der Waals surface area contributed by atoms with E-state index in [1.165, 1.54) is 0 Å². The minimum Gasteiger partial charge on any atom is -0.468 e. The highest BCUT2D eigenvalue weighted by Crippen LogP contribution is 1.73. The summed E-state index contributed by atoms with van der Waals surface area (Å²) in [6.07, 6.45) is 5.39. The number of ether oxygens (including phenoxy) is 1. The fourth-order valence-corrected chi connectivity index (χ4v) is 0.394. The molecule has 0 amide bonds. The molecule has 62 valence electrons. The number of aryl methyl sites for hydroxylation is 1. The highest BCUT2D eigenvalue weighted by Gasteiger charge is 1.69. The minimum atomic E-state index is 0.431. The highest BCUT2D eigenvalue weighted by atomic mass is 16.5. The molecular formula is C7H12N2O2. The molecule has 1 aromatic rings. The number of nitrogens with zero attached hydrogens (tertiary/aromatic N) is 2. The molecular weight excluding hydrogens is 144 g/mol. The van der Waals surface area contributed by atoms with Crippen LogP contribution in [0.25, 0.3) is 0 Å². The molecule has 1 rings (SSSR count). The molecule has 0 fully saturated rings. The van der Waals surface area contributed by atoms with Gasteiger partial charge in [-0.15, -0.1) is 0 Å². The Morgan fingerprint density at radius 2 is 2.45 bits per heavy atom. The summed E-state index contributed by atoms with van der Waals surface area (Å²) in [5.74, 6) is 0. The molecule has 4 heteroatoms. The van der Waals surface area contributed by atoms with Crippen molar-refractivity contribution >= 4 is 6.47 Å². The Morgan fingerprint density at radius 3 is 2.55 bits per heavy atom. The van der Waals surface area contributed by atoms with Gasteiger partial charge in [0.05, 0.1) is 12.9 Å². The fourth-order valence-electron chi connectivity index (χ4n) is 0.394. The fraction of sp³-hybridized carbons (Fsp3) is 0.429. The summed E-state index contributed by atoms with van der Waals surface area (Å²) in [6, 6.07) is 0. The zero-order valence-electron chi connectivity index (χ0n) is 6.73. The molecule has 0 saturated carbocycles. The Kier molecular flexibility index (Phi) is 5.98. The van der Waals surface area contributed by atoms with Gasteiger partial charge in [-0.25, -0.2) is 4.98 Å². The normalized spacial score (nSPS) is 7.82. The first kappa shape index (κ1) is 9.68. The predicted molar refractivity (Wildman–Crippen MR) is 40.9 cm³/mol. The van der Waals surface area contributed by atoms with Gasteiger partial charge in [0, 0.05) is 19.4 Å². The first-order valence-electron chi connectivity index (χ1n) is 3.28. The highest BCUT2D eigenvalue weighted by molar-refractivity contribution is 5.36. The largest absolute Gasteiger partial charge is 0.468 e. The summed E-state index contributed by atoms with van der Waals surface area (Å²) in [5.41, 5.74) is 0. The summed E-state index contributed by atoms with van der Waals surface area (Å²) in [7, 11) is 1.94. The van der Waals surface area contributed by atoms with Gasteiger partial charge < -0.3 is 9.30 Å². The van der Waals surface area contributed by atoms with Gasteiger partial charge in [0.2, 0.25) is 0 Å². The van der Waals surface area contributed by atoms with Crippen LogP contribution in [-0.2, 0) is 16.6 Å². The van der Waals surface area contributed by atoms with Crippen LogP contribution in [0.2, 0.25) is 0 Å². The topological polar surface area (TPSA) is 44.1 Å². The van der Waals surface area contributed by atoms with Crippen molar-refractivity contribution in [2.45, 2.75) is 6.92 Å². The van der Waals surface area contributed by atoms with Crippen molar-refractivity contribution in [3.05, 3.63) is 18.7 Å². The Labute approximate surface area is 65.8 Å². The van der Waals surface area contributed by atoms with Gasteiger partial charge in [-0.1, -0.05) is 0 Å². The molecule has 0 aromatic carbocycles. The van der Waals surface area contributed by atoms with Crippen molar-refractivity contribution in [3.8, 4) is 0 Å². The van der Waals surface area contributed by atoms with Crippen LogP contribution < -0.4 is 0 Å². The third kappa shape index (κ3) is 6.57. The van der Waals surface area contributed by atoms with Crippen LogP contribution in [0.15, 0.2) is 18.7 Å². The SMILES string of the molecule is CCOC=O.Cn1ccnc1. The van der Waals surface area contributed by atoms with Crippen molar-refractivity contribution in [3.63, 3.8) is 0 Å². The second-order valence-corrected chi connectivity index (χ2v) is 1.78. The zero-order valence-corrected chi connectivity index (χ0v) is 6.73. The average Bonchev–Trinajstić information content (AvgIpc) is 2.43. The minimum absolute atomic E-state index is 0.431. The molecule has 0 bridgehead atoms. The predicted octanol–water partition coefficient (Wildman–Crippen LogP) is 0.599. The van der Waals surface area contributed by atoms with Crippen molar-refractivity contribution in [1.29, 1.82) is 0 Å². The summed E-state index contributed by atoms with van der Waals surface area (Å²) < 4.78 is 6.04. The second-order valence-electron chi connectivity index (χ2n) is 1.78. The standard InChI is InChI=1S/C4H6N2.C3H6O2/c1-6-3-2-5-4-6;1-2-5-3-4/h2-4H,1H3;3H,2H2,1H3. The Morgan fingerprint density at radius 1 is 1.73 bits per heavy atom. The van der Waals surface area contributed by atoms with Crippen LogP contribution in [0, 0.1) is 0 Å². The molecule has 0 radical (unpaired) electrons. The van der Waals surface area contributed by atoms with Crippen LogP contribution in [0.5, 0.6) is 0 Å². The van der Waals surface area contributed by atoms with E-state index in [4.69, 9.17) is 0 Å². The van der Waals surface area contributed by atoms with Gasteiger partial charge in [0.1, 0.15) is 0 Å². The monoisotopic (exact) mass is 156 g/mol. The van der Waals surface area contributed by atoms with E-state index in [1.807, 2.05) is 17.8 Å². The number of carbonyl (C=O) groups is 1. The molecule has 0 unspecified atom stereocenters. The molecule has 0 aliphatic heterocycles. The van der Waals surface area contributed by atoms with Crippen LogP contribution in [0.3, 0.4) is 0 Å². The Balaban J connectivity index is 0.000000187. The van der Waals surface area contributed by atoms with E-state index < -0.39 is 0 Å². The molecule has 0 spiro atoms. The van der Waals surface area contributed by atoms with Gasteiger partial charge in [0.15, 0.2) is 0 Å². The number of hydrogen-bond acceptors (Lipinski definition) is 3. The molecule has 0 saturated heterocycles. The van der Waals surface area contributed by atoms with Gasteiger partial charge in [-0.3, -0.25) is 4.79 Å². The van der Waals surface area contributed by atoms with E-state index in [-0.39, 0.29) is 0 Å². The van der Waals surface area contributed by atoms with Crippen LogP contribution in [0.1, 0.15) is 6.92 Å². The molecule has 0 aliphatic carbocycles. The molecule has 0 N–H and O–H groups in total. The molecule has 4 nitrogen and oxygen atoms in total. The van der Waals surface area contributed by atoms with Crippen LogP contribution >= 0.6 is 0 Å². The number of hydrogen-bond donors (Lipinski definition) is 0. The van der Waals surface area contributed by atoms with E-state index in [2.05, 4.69) is 9.72 Å². The Bertz CT molecular complexity index is 173. The number of rotatable bonds is 2. The van der Waals surface area contributed by atoms with Gasteiger partial charge >= 0.3 is 0 Å². The van der Waals surface area contributed by atoms with Gasteiger partial charge in [-0.2, -0.15) is 0 Å². The van der Waals surface area contributed by atoms with Gasteiger partial charge in [0.25, 0.3) is 6.47 Å². The van der Waals surface area contributed by atoms with Crippen LogP contribution in [-0.4, -0.2) is 22.6 Å². The van der Waals surface area contributed by atoms with E-state index in [0.717, 1.165) is 0 Å².